The summed E-state index contributed by atoms with van der Waals surface area (Å²) in [6.45, 7) is 2.12. The maximum Gasteiger partial charge on any atom is 0.224 e. The summed E-state index contributed by atoms with van der Waals surface area (Å²) in [7, 11) is 0. The molecule has 0 heterocycles. The van der Waals surface area contributed by atoms with Gasteiger partial charge in [-0.15, -0.1) is 0 Å². The molecule has 1 amide bonds. The van der Waals surface area contributed by atoms with Crippen LogP contribution in [0.1, 0.15) is 54.7 Å². The zero-order chi connectivity index (χ0) is 17.6. The Bertz CT molecular complexity index is 748. The fourth-order valence-electron chi connectivity index (χ4n) is 3.64. The van der Waals surface area contributed by atoms with E-state index in [1.165, 1.54) is 11.1 Å². The van der Waals surface area contributed by atoms with E-state index < -0.39 is 0 Å². The summed E-state index contributed by atoms with van der Waals surface area (Å²) in [5, 5.41) is 11.7. The van der Waals surface area contributed by atoms with Crippen LogP contribution in [0.25, 0.3) is 0 Å². The highest BCUT2D eigenvalue weighted by Gasteiger charge is 2.24. The molecule has 3 rings (SSSR count). The molecule has 0 aromatic heterocycles. The van der Waals surface area contributed by atoms with Crippen molar-refractivity contribution in [2.45, 2.75) is 44.9 Å². The van der Waals surface area contributed by atoms with Gasteiger partial charge in [0.15, 0.2) is 0 Å². The molecule has 3 heteroatoms. The largest absolute Gasteiger partial charge is 0.326 e. The van der Waals surface area contributed by atoms with Crippen molar-refractivity contribution in [2.24, 2.45) is 5.92 Å². The monoisotopic (exact) mass is 332 g/mol. The van der Waals surface area contributed by atoms with Crippen molar-refractivity contribution in [3.63, 3.8) is 0 Å². The third-order valence-electron chi connectivity index (χ3n) is 5.17. The summed E-state index contributed by atoms with van der Waals surface area (Å²) in [4.78, 5) is 12.2. The second-order valence-corrected chi connectivity index (χ2v) is 7.07. The van der Waals surface area contributed by atoms with Crippen LogP contribution in [0.15, 0.2) is 48.5 Å². The average Bonchev–Trinajstić information content (AvgIpc) is 2.64. The van der Waals surface area contributed by atoms with Crippen LogP contribution in [0.3, 0.4) is 0 Å². The van der Waals surface area contributed by atoms with Crippen LogP contribution >= 0.6 is 0 Å². The fourth-order valence-corrected chi connectivity index (χ4v) is 3.64. The van der Waals surface area contributed by atoms with Crippen LogP contribution in [0.2, 0.25) is 0 Å². The molecular weight excluding hydrogens is 308 g/mol. The number of amides is 1. The Balaban J connectivity index is 1.47. The third kappa shape index (κ3) is 4.70. The molecule has 1 N–H and O–H groups in total. The Hall–Kier alpha value is -2.60. The van der Waals surface area contributed by atoms with Gasteiger partial charge in [-0.3, -0.25) is 4.79 Å². The standard InChI is InChI=1S/C22H24N2O/c1-16-2-8-19(9-3-16)20-10-4-17(5-11-20)14-22(25)24-21-12-6-18(15-23)7-13-21/h2-3,6-9,12-13,17,20H,4-5,10-11,14H2,1H3,(H,24,25). The van der Waals surface area contributed by atoms with Crippen LogP contribution in [-0.2, 0) is 4.79 Å². The molecule has 3 nitrogen and oxygen atoms in total. The minimum absolute atomic E-state index is 0.0727. The molecule has 1 fully saturated rings. The quantitative estimate of drug-likeness (QED) is 0.840. The van der Waals surface area contributed by atoms with Crippen molar-refractivity contribution in [1.29, 1.82) is 5.26 Å². The van der Waals surface area contributed by atoms with Crippen molar-refractivity contribution >= 4 is 11.6 Å². The number of hydrogen-bond donors (Lipinski definition) is 1. The summed E-state index contributed by atoms with van der Waals surface area (Å²) in [5.41, 5.74) is 4.10. The van der Waals surface area contributed by atoms with E-state index in [0.29, 0.717) is 23.8 Å². The van der Waals surface area contributed by atoms with Crippen molar-refractivity contribution in [2.75, 3.05) is 5.32 Å². The number of aryl methyl sites for hydroxylation is 1. The lowest BCUT2D eigenvalue weighted by atomic mass is 9.77. The highest BCUT2D eigenvalue weighted by molar-refractivity contribution is 5.90. The van der Waals surface area contributed by atoms with Crippen LogP contribution in [0, 0.1) is 24.2 Å². The fraction of sp³-hybridized carbons (Fsp3) is 0.364. The molecule has 0 atom stereocenters. The first-order valence-electron chi connectivity index (χ1n) is 9.00. The highest BCUT2D eigenvalue weighted by atomic mass is 16.1. The minimum Gasteiger partial charge on any atom is -0.326 e. The molecule has 1 aliphatic carbocycles. The highest BCUT2D eigenvalue weighted by Crippen LogP contribution is 2.37. The number of hydrogen-bond acceptors (Lipinski definition) is 2. The molecule has 0 unspecified atom stereocenters. The number of nitriles is 1. The SMILES string of the molecule is Cc1ccc(C2CCC(CC(=O)Nc3ccc(C#N)cc3)CC2)cc1. The van der Waals surface area contributed by atoms with E-state index >= 15 is 0 Å². The van der Waals surface area contributed by atoms with Gasteiger partial charge in [-0.05, 0) is 74.3 Å². The molecule has 25 heavy (non-hydrogen) atoms. The molecule has 2 aromatic rings. The van der Waals surface area contributed by atoms with E-state index in [9.17, 15) is 4.79 Å². The third-order valence-corrected chi connectivity index (χ3v) is 5.17. The molecule has 0 bridgehead atoms. The topological polar surface area (TPSA) is 52.9 Å². The molecule has 1 aliphatic rings. The first-order chi connectivity index (χ1) is 12.1. The molecule has 0 saturated heterocycles. The predicted octanol–water partition coefficient (Wildman–Crippen LogP) is 5.17. The summed E-state index contributed by atoms with van der Waals surface area (Å²) in [6, 6.07) is 18.0. The Kier molecular flexibility index (Phi) is 5.50. The van der Waals surface area contributed by atoms with Crippen LogP contribution in [-0.4, -0.2) is 5.91 Å². The Morgan fingerprint density at radius 1 is 1.04 bits per heavy atom. The second-order valence-electron chi connectivity index (χ2n) is 7.07. The summed E-state index contributed by atoms with van der Waals surface area (Å²) in [6.07, 6.45) is 5.13. The van der Waals surface area contributed by atoms with Gasteiger partial charge in [0.1, 0.15) is 0 Å². The Morgan fingerprint density at radius 2 is 1.68 bits per heavy atom. The first kappa shape index (κ1) is 17.2. The number of nitrogens with zero attached hydrogens (tertiary/aromatic N) is 1. The zero-order valence-corrected chi connectivity index (χ0v) is 14.7. The number of rotatable bonds is 4. The van der Waals surface area contributed by atoms with Gasteiger partial charge in [0.05, 0.1) is 11.6 Å². The van der Waals surface area contributed by atoms with E-state index in [1.54, 1.807) is 24.3 Å². The van der Waals surface area contributed by atoms with E-state index in [1.807, 2.05) is 0 Å². The maximum absolute atomic E-state index is 12.2. The van der Waals surface area contributed by atoms with Gasteiger partial charge in [-0.2, -0.15) is 5.26 Å². The molecule has 128 valence electrons. The van der Waals surface area contributed by atoms with Gasteiger partial charge >= 0.3 is 0 Å². The van der Waals surface area contributed by atoms with E-state index in [0.717, 1.165) is 31.4 Å². The number of carbonyl (C=O) groups excluding carboxylic acids is 1. The summed E-state index contributed by atoms with van der Waals surface area (Å²) in [5.74, 6) is 1.18. The average molecular weight is 332 g/mol. The normalized spacial score (nSPS) is 19.8. The number of carbonyl (C=O) groups is 1. The Labute approximate surface area is 149 Å². The predicted molar refractivity (Wildman–Crippen MR) is 100 cm³/mol. The van der Waals surface area contributed by atoms with Gasteiger partial charge < -0.3 is 5.32 Å². The number of nitrogens with one attached hydrogen (secondary N) is 1. The van der Waals surface area contributed by atoms with Crippen molar-refractivity contribution in [3.05, 3.63) is 65.2 Å². The minimum atomic E-state index is 0.0727. The maximum atomic E-state index is 12.2. The smallest absolute Gasteiger partial charge is 0.224 e. The van der Waals surface area contributed by atoms with E-state index in [-0.39, 0.29) is 5.91 Å². The molecule has 1 saturated carbocycles. The van der Waals surface area contributed by atoms with Gasteiger partial charge in [0.25, 0.3) is 0 Å². The molecule has 0 radical (unpaired) electrons. The van der Waals surface area contributed by atoms with Crippen molar-refractivity contribution in [3.8, 4) is 6.07 Å². The second kappa shape index (κ2) is 7.98. The summed E-state index contributed by atoms with van der Waals surface area (Å²) < 4.78 is 0. The summed E-state index contributed by atoms with van der Waals surface area (Å²) >= 11 is 0. The lowest BCUT2D eigenvalue weighted by Crippen LogP contribution is -2.20. The van der Waals surface area contributed by atoms with Gasteiger partial charge in [0.2, 0.25) is 5.91 Å². The van der Waals surface area contributed by atoms with Gasteiger partial charge in [-0.1, -0.05) is 29.8 Å². The van der Waals surface area contributed by atoms with Gasteiger partial charge in [-0.25, -0.2) is 0 Å². The van der Waals surface area contributed by atoms with Crippen LogP contribution in [0.5, 0.6) is 0 Å². The number of anilines is 1. The lowest BCUT2D eigenvalue weighted by molar-refractivity contribution is -0.117. The van der Waals surface area contributed by atoms with Gasteiger partial charge in [0, 0.05) is 12.1 Å². The van der Waals surface area contributed by atoms with Crippen LogP contribution < -0.4 is 5.32 Å². The first-order valence-corrected chi connectivity index (χ1v) is 9.00. The van der Waals surface area contributed by atoms with Crippen molar-refractivity contribution in [1.82, 2.24) is 0 Å². The molecule has 0 aliphatic heterocycles. The van der Waals surface area contributed by atoms with E-state index in [4.69, 9.17) is 5.26 Å². The zero-order valence-electron chi connectivity index (χ0n) is 14.7. The van der Waals surface area contributed by atoms with Crippen molar-refractivity contribution < 1.29 is 4.79 Å². The lowest BCUT2D eigenvalue weighted by Gasteiger charge is -2.28. The Morgan fingerprint density at radius 3 is 2.28 bits per heavy atom. The van der Waals surface area contributed by atoms with Crippen LogP contribution in [0.4, 0.5) is 5.69 Å². The molecular formula is C22H24N2O. The molecule has 2 aromatic carbocycles. The molecule has 0 spiro atoms. The van der Waals surface area contributed by atoms with E-state index in [2.05, 4.69) is 42.6 Å². The number of benzene rings is 2.